The number of carbonyl (C=O) groups is 1. The van der Waals surface area contributed by atoms with Crippen molar-refractivity contribution < 1.29 is 13.7 Å². The van der Waals surface area contributed by atoms with Gasteiger partial charge in [0.1, 0.15) is 6.61 Å². The molecule has 2 heterocycles. The van der Waals surface area contributed by atoms with Crippen LogP contribution in [0, 0.1) is 6.92 Å². The summed E-state index contributed by atoms with van der Waals surface area (Å²) in [6.07, 6.45) is 1.93. The topological polar surface area (TPSA) is 81.4 Å². The molecule has 1 aromatic rings. The number of cyclic esters (lactones) is 1. The van der Waals surface area contributed by atoms with Crippen molar-refractivity contribution in [2.45, 2.75) is 40.2 Å². The average molecular weight is 326 g/mol. The fourth-order valence-electron chi connectivity index (χ4n) is 2.29. The second-order valence-corrected chi connectivity index (χ2v) is 6.18. The molecule has 3 N–H and O–H groups in total. The van der Waals surface area contributed by atoms with E-state index in [4.69, 9.17) is 10.5 Å². The van der Waals surface area contributed by atoms with Gasteiger partial charge in [0.2, 0.25) is 0 Å². The third-order valence-electron chi connectivity index (χ3n) is 3.46. The number of nitrogens with one attached hydrogen (secondary N) is 1. The molecule has 0 spiro atoms. The standard InChI is InChI=1S/C11H13NO2.C3H7NOS.C2H6/c1-7-8(4-5-12)2-3-9-10(7)6-14-11(9)13;5-6-3-1-2-4-6;1-2/h2-3H,4-6,12H2,1H3;4H,1-3H2;1-2H3. The van der Waals surface area contributed by atoms with Gasteiger partial charge in [-0.2, -0.15) is 0 Å². The van der Waals surface area contributed by atoms with E-state index in [1.54, 1.807) is 0 Å². The van der Waals surface area contributed by atoms with Gasteiger partial charge in [-0.25, -0.2) is 13.7 Å². The van der Waals surface area contributed by atoms with Gasteiger partial charge in [0.05, 0.1) is 16.5 Å². The van der Waals surface area contributed by atoms with Crippen LogP contribution in [0.25, 0.3) is 0 Å². The van der Waals surface area contributed by atoms with E-state index in [9.17, 15) is 9.00 Å². The minimum atomic E-state index is -0.673. The zero-order valence-electron chi connectivity index (χ0n) is 13.6. The number of hydrogen-bond donors (Lipinski definition) is 2. The zero-order valence-corrected chi connectivity index (χ0v) is 14.4. The Hall–Kier alpha value is -1.24. The van der Waals surface area contributed by atoms with Gasteiger partial charge in [-0.1, -0.05) is 19.9 Å². The Morgan fingerprint density at radius 1 is 1.36 bits per heavy atom. The monoisotopic (exact) mass is 326 g/mol. The Balaban J connectivity index is 0.000000253. The maximum atomic E-state index is 11.2. The van der Waals surface area contributed by atoms with Crippen molar-refractivity contribution in [3.63, 3.8) is 0 Å². The predicted molar refractivity (Wildman–Crippen MR) is 90.0 cm³/mol. The molecule has 1 atom stereocenters. The second kappa shape index (κ2) is 9.71. The summed E-state index contributed by atoms with van der Waals surface area (Å²) in [4.78, 5) is 11.2. The molecular formula is C16H26N2O3S. The third-order valence-corrected chi connectivity index (χ3v) is 4.65. The van der Waals surface area contributed by atoms with E-state index in [0.717, 1.165) is 36.3 Å². The first-order valence-electron chi connectivity index (χ1n) is 7.74. The van der Waals surface area contributed by atoms with E-state index >= 15 is 0 Å². The quantitative estimate of drug-likeness (QED) is 0.813. The minimum Gasteiger partial charge on any atom is -0.457 e. The summed E-state index contributed by atoms with van der Waals surface area (Å²) < 4.78 is 18.0. The van der Waals surface area contributed by atoms with Crippen LogP contribution in [0.2, 0.25) is 0 Å². The summed E-state index contributed by atoms with van der Waals surface area (Å²) in [5, 5.41) is 0. The van der Waals surface area contributed by atoms with Gasteiger partial charge < -0.3 is 10.5 Å². The van der Waals surface area contributed by atoms with Gasteiger partial charge in [-0.05, 0) is 43.5 Å². The highest BCUT2D eigenvalue weighted by atomic mass is 32.2. The number of fused-ring (bicyclic) bond motifs is 1. The number of carbonyl (C=O) groups excluding carboxylic acids is 1. The van der Waals surface area contributed by atoms with E-state index in [0.29, 0.717) is 18.7 Å². The molecule has 1 saturated heterocycles. The molecule has 124 valence electrons. The first-order valence-corrected chi connectivity index (χ1v) is 9.05. The molecule has 6 heteroatoms. The Kier molecular flexibility index (Phi) is 8.30. The highest BCUT2D eigenvalue weighted by Crippen LogP contribution is 2.25. The lowest BCUT2D eigenvalue weighted by Gasteiger charge is -2.07. The Morgan fingerprint density at radius 2 is 2.09 bits per heavy atom. The van der Waals surface area contributed by atoms with Gasteiger partial charge in [0.25, 0.3) is 0 Å². The van der Waals surface area contributed by atoms with Crippen LogP contribution in [0.4, 0.5) is 0 Å². The van der Waals surface area contributed by atoms with Crippen molar-refractivity contribution >= 4 is 17.0 Å². The van der Waals surface area contributed by atoms with Crippen LogP contribution in [-0.4, -0.2) is 29.0 Å². The molecule has 1 fully saturated rings. The zero-order chi connectivity index (χ0) is 16.5. The van der Waals surface area contributed by atoms with Crippen LogP contribution < -0.4 is 10.5 Å². The second-order valence-electron chi connectivity index (χ2n) is 4.79. The largest absolute Gasteiger partial charge is 0.457 e. The van der Waals surface area contributed by atoms with Gasteiger partial charge in [-0.15, -0.1) is 0 Å². The van der Waals surface area contributed by atoms with Crippen LogP contribution in [0.1, 0.15) is 47.3 Å². The maximum absolute atomic E-state index is 11.2. The molecule has 0 radical (unpaired) electrons. The van der Waals surface area contributed by atoms with Gasteiger partial charge in [0, 0.05) is 17.9 Å². The SMILES string of the molecule is CC.Cc1c(CCN)ccc2c1COC2=O.O=S1CCCN1. The Labute approximate surface area is 135 Å². The highest BCUT2D eigenvalue weighted by Gasteiger charge is 2.23. The van der Waals surface area contributed by atoms with Crippen molar-refractivity contribution in [1.82, 2.24) is 4.72 Å². The number of hydrogen-bond acceptors (Lipinski definition) is 4. The lowest BCUT2D eigenvalue weighted by molar-refractivity contribution is 0.0535. The molecule has 0 amide bonds. The molecule has 22 heavy (non-hydrogen) atoms. The number of esters is 1. The number of benzene rings is 1. The number of ether oxygens (including phenoxy) is 1. The van der Waals surface area contributed by atoms with E-state index in [-0.39, 0.29) is 5.97 Å². The first-order chi connectivity index (χ1) is 10.6. The lowest BCUT2D eigenvalue weighted by atomic mass is 9.97. The smallest absolute Gasteiger partial charge is 0.338 e. The first kappa shape index (κ1) is 18.8. The summed E-state index contributed by atoms with van der Waals surface area (Å²) in [6.45, 7) is 8.01. The van der Waals surface area contributed by atoms with E-state index in [2.05, 4.69) is 4.72 Å². The summed E-state index contributed by atoms with van der Waals surface area (Å²) in [6, 6.07) is 3.80. The van der Waals surface area contributed by atoms with Crippen molar-refractivity contribution in [3.8, 4) is 0 Å². The van der Waals surface area contributed by atoms with E-state index < -0.39 is 11.0 Å². The molecule has 5 nitrogen and oxygen atoms in total. The van der Waals surface area contributed by atoms with Crippen LogP contribution in [0.15, 0.2) is 12.1 Å². The molecule has 0 aromatic heterocycles. The van der Waals surface area contributed by atoms with Gasteiger partial charge in [-0.3, -0.25) is 0 Å². The van der Waals surface area contributed by atoms with Crippen LogP contribution in [0.5, 0.6) is 0 Å². The highest BCUT2D eigenvalue weighted by molar-refractivity contribution is 7.83. The van der Waals surface area contributed by atoms with Crippen molar-refractivity contribution in [2.75, 3.05) is 18.8 Å². The molecular weight excluding hydrogens is 300 g/mol. The Morgan fingerprint density at radius 3 is 2.59 bits per heavy atom. The third kappa shape index (κ3) is 4.90. The molecule has 1 aromatic carbocycles. The van der Waals surface area contributed by atoms with Crippen molar-refractivity contribution in [2.24, 2.45) is 5.73 Å². The molecule has 0 aliphatic carbocycles. The van der Waals surface area contributed by atoms with Gasteiger partial charge in [0.15, 0.2) is 0 Å². The van der Waals surface area contributed by atoms with E-state index in [1.165, 1.54) is 5.56 Å². The summed E-state index contributed by atoms with van der Waals surface area (Å²) >= 11 is 0. The fourth-order valence-corrected chi connectivity index (χ4v) is 3.21. The maximum Gasteiger partial charge on any atom is 0.338 e. The molecule has 0 saturated carbocycles. The fraction of sp³-hybridized carbons (Fsp3) is 0.562. The van der Waals surface area contributed by atoms with E-state index in [1.807, 2.05) is 32.9 Å². The summed E-state index contributed by atoms with van der Waals surface area (Å²) in [7, 11) is -0.673. The van der Waals surface area contributed by atoms with Crippen molar-refractivity contribution in [3.05, 3.63) is 34.4 Å². The van der Waals surface area contributed by atoms with Gasteiger partial charge >= 0.3 is 5.97 Å². The molecule has 2 aliphatic rings. The van der Waals surface area contributed by atoms with Crippen molar-refractivity contribution in [1.29, 1.82) is 0 Å². The summed E-state index contributed by atoms with van der Waals surface area (Å²) in [5.74, 6) is 0.641. The average Bonchev–Trinajstić information content (AvgIpc) is 3.15. The Bertz CT molecular complexity index is 524. The minimum absolute atomic E-state index is 0.206. The summed E-state index contributed by atoms with van der Waals surface area (Å²) in [5.41, 5.74) is 9.61. The molecule has 3 rings (SSSR count). The van der Waals surface area contributed by atoms with Crippen LogP contribution in [-0.2, 0) is 28.8 Å². The normalized spacial score (nSPS) is 18.5. The molecule has 1 unspecified atom stereocenters. The van der Waals surface area contributed by atoms with Crippen LogP contribution >= 0.6 is 0 Å². The predicted octanol–water partition coefficient (Wildman–Crippen LogP) is 1.84. The lowest BCUT2D eigenvalue weighted by Crippen LogP contribution is -2.07. The number of rotatable bonds is 2. The van der Waals surface area contributed by atoms with Crippen LogP contribution in [0.3, 0.4) is 0 Å². The molecule has 2 aliphatic heterocycles. The molecule has 0 bridgehead atoms. The number of nitrogens with two attached hydrogens (primary N) is 1.